The molecule has 0 saturated carbocycles. The average molecular weight is 425 g/mol. The van der Waals surface area contributed by atoms with Crippen LogP contribution in [0.3, 0.4) is 0 Å². The highest BCUT2D eigenvalue weighted by molar-refractivity contribution is 5.83. The van der Waals surface area contributed by atoms with Crippen LogP contribution < -0.4 is 0 Å². The highest BCUT2D eigenvalue weighted by Gasteiger charge is 1.96. The predicted octanol–water partition coefficient (Wildman–Crippen LogP) is 8.65. The van der Waals surface area contributed by atoms with E-state index in [1.165, 1.54) is 49.7 Å². The van der Waals surface area contributed by atoms with E-state index < -0.39 is 0 Å². The van der Waals surface area contributed by atoms with Crippen LogP contribution in [0.25, 0.3) is 0 Å². The lowest BCUT2D eigenvalue weighted by Crippen LogP contribution is -1.87. The Balaban J connectivity index is 1.51. The summed E-state index contributed by atoms with van der Waals surface area (Å²) in [5.74, 6) is 0. The number of unbranched alkanes of at least 4 members (excludes halogenated alkanes) is 4. The van der Waals surface area contributed by atoms with Gasteiger partial charge in [0, 0.05) is 12.4 Å². The first kappa shape index (κ1) is 23.7. The quantitative estimate of drug-likeness (QED) is 0.205. The van der Waals surface area contributed by atoms with E-state index in [1.54, 1.807) is 0 Å². The van der Waals surface area contributed by atoms with Gasteiger partial charge in [0.2, 0.25) is 0 Å². The van der Waals surface area contributed by atoms with E-state index >= 15 is 0 Å². The van der Waals surface area contributed by atoms with E-state index in [0.29, 0.717) is 0 Å². The molecule has 0 bridgehead atoms. The van der Waals surface area contributed by atoms with Crippen molar-refractivity contribution in [3.05, 3.63) is 95.1 Å². The van der Waals surface area contributed by atoms with Crippen molar-refractivity contribution in [1.82, 2.24) is 0 Å². The van der Waals surface area contributed by atoms with Gasteiger partial charge in [-0.05, 0) is 72.2 Å². The van der Waals surface area contributed by atoms with Gasteiger partial charge in [0.15, 0.2) is 0 Å². The standard InChI is InChI=1S/C30H36N2/c1-3-5-7-9-25-11-15-27(16-12-25)23-31-29-19-21-30(22-20-29)32-24-28-17-13-26(14-18-28)10-8-6-4-2/h11-24H,3-10H2,1-2H3. The van der Waals surface area contributed by atoms with Crippen LogP contribution in [0.15, 0.2) is 82.8 Å². The normalized spacial score (nSPS) is 11.6. The molecule has 0 spiro atoms. The molecule has 0 atom stereocenters. The van der Waals surface area contributed by atoms with E-state index in [2.05, 4.69) is 72.4 Å². The summed E-state index contributed by atoms with van der Waals surface area (Å²) in [7, 11) is 0. The van der Waals surface area contributed by atoms with E-state index in [4.69, 9.17) is 0 Å². The number of rotatable bonds is 12. The Morgan fingerprint density at radius 1 is 0.500 bits per heavy atom. The summed E-state index contributed by atoms with van der Waals surface area (Å²) in [5.41, 5.74) is 6.95. The Morgan fingerprint density at radius 3 is 1.22 bits per heavy atom. The first-order chi connectivity index (χ1) is 15.8. The SMILES string of the molecule is CCCCCc1ccc(C=Nc2ccc(N=Cc3ccc(CCCCC)cc3)cc2)cc1. The van der Waals surface area contributed by atoms with Crippen LogP contribution in [0.2, 0.25) is 0 Å². The smallest absolute Gasteiger partial charge is 0.0631 e. The van der Waals surface area contributed by atoms with Gasteiger partial charge < -0.3 is 0 Å². The zero-order valence-electron chi connectivity index (χ0n) is 19.6. The molecule has 0 fully saturated rings. The Kier molecular flexibility index (Phi) is 9.92. The predicted molar refractivity (Wildman–Crippen MR) is 140 cm³/mol. The summed E-state index contributed by atoms with van der Waals surface area (Å²) in [4.78, 5) is 9.21. The second-order valence-corrected chi connectivity index (χ2v) is 8.43. The lowest BCUT2D eigenvalue weighted by Gasteiger charge is -2.02. The third-order valence-electron chi connectivity index (χ3n) is 5.67. The first-order valence-corrected chi connectivity index (χ1v) is 12.1. The highest BCUT2D eigenvalue weighted by atomic mass is 14.7. The second-order valence-electron chi connectivity index (χ2n) is 8.43. The van der Waals surface area contributed by atoms with Crippen LogP contribution in [0, 0.1) is 0 Å². The summed E-state index contributed by atoms with van der Waals surface area (Å²) >= 11 is 0. The Morgan fingerprint density at radius 2 is 0.875 bits per heavy atom. The number of hydrogen-bond donors (Lipinski definition) is 0. The van der Waals surface area contributed by atoms with E-state index in [-0.39, 0.29) is 0 Å². The summed E-state index contributed by atoms with van der Waals surface area (Å²) in [6.45, 7) is 4.48. The summed E-state index contributed by atoms with van der Waals surface area (Å²) in [6, 6.07) is 25.5. The monoisotopic (exact) mass is 424 g/mol. The van der Waals surface area contributed by atoms with Crippen LogP contribution in [-0.4, -0.2) is 12.4 Å². The van der Waals surface area contributed by atoms with Gasteiger partial charge in [-0.15, -0.1) is 0 Å². The number of aliphatic imine (C=N–C) groups is 2. The van der Waals surface area contributed by atoms with Crippen molar-refractivity contribution in [3.8, 4) is 0 Å². The molecule has 166 valence electrons. The lowest BCUT2D eigenvalue weighted by atomic mass is 10.1. The molecule has 0 N–H and O–H groups in total. The first-order valence-electron chi connectivity index (χ1n) is 12.1. The Hall–Kier alpha value is -3.00. The van der Waals surface area contributed by atoms with Gasteiger partial charge in [0.1, 0.15) is 0 Å². The van der Waals surface area contributed by atoms with Crippen LogP contribution in [0.1, 0.15) is 74.6 Å². The summed E-state index contributed by atoms with van der Waals surface area (Å²) in [6.07, 6.45) is 13.8. The number of hydrogen-bond acceptors (Lipinski definition) is 2. The van der Waals surface area contributed by atoms with Crippen molar-refractivity contribution < 1.29 is 0 Å². The summed E-state index contributed by atoms with van der Waals surface area (Å²) < 4.78 is 0. The maximum Gasteiger partial charge on any atom is 0.0631 e. The average Bonchev–Trinajstić information content (AvgIpc) is 2.84. The molecule has 0 aliphatic rings. The minimum atomic E-state index is 0.937. The molecule has 0 unspecified atom stereocenters. The van der Waals surface area contributed by atoms with Crippen molar-refractivity contribution in [2.75, 3.05) is 0 Å². The highest BCUT2D eigenvalue weighted by Crippen LogP contribution is 2.19. The van der Waals surface area contributed by atoms with Gasteiger partial charge in [0.25, 0.3) is 0 Å². The molecule has 0 radical (unpaired) electrons. The molecular formula is C30H36N2. The van der Waals surface area contributed by atoms with Crippen LogP contribution in [0.4, 0.5) is 11.4 Å². The van der Waals surface area contributed by atoms with Gasteiger partial charge in [-0.3, -0.25) is 9.98 Å². The molecule has 2 heteroatoms. The molecular weight excluding hydrogens is 388 g/mol. The molecule has 3 rings (SSSR count). The van der Waals surface area contributed by atoms with Gasteiger partial charge in [-0.25, -0.2) is 0 Å². The third kappa shape index (κ3) is 8.26. The zero-order chi connectivity index (χ0) is 22.4. The third-order valence-corrected chi connectivity index (χ3v) is 5.67. The van der Waals surface area contributed by atoms with Crippen LogP contribution >= 0.6 is 0 Å². The Labute approximate surface area is 194 Å². The van der Waals surface area contributed by atoms with E-state index in [9.17, 15) is 0 Å². The number of benzene rings is 3. The molecule has 0 aromatic heterocycles. The van der Waals surface area contributed by atoms with Crippen molar-refractivity contribution in [2.24, 2.45) is 9.98 Å². The molecule has 0 heterocycles. The summed E-state index contributed by atoms with van der Waals surface area (Å²) in [5, 5.41) is 0. The number of aryl methyl sites for hydroxylation is 2. The molecule has 3 aromatic rings. The molecule has 32 heavy (non-hydrogen) atoms. The minimum Gasteiger partial charge on any atom is -0.256 e. The lowest BCUT2D eigenvalue weighted by molar-refractivity contribution is 0.717. The van der Waals surface area contributed by atoms with Crippen LogP contribution in [-0.2, 0) is 12.8 Å². The van der Waals surface area contributed by atoms with Gasteiger partial charge in [-0.2, -0.15) is 0 Å². The molecule has 0 aliphatic heterocycles. The van der Waals surface area contributed by atoms with E-state index in [0.717, 1.165) is 35.3 Å². The Bertz CT molecular complexity index is 882. The van der Waals surface area contributed by atoms with Crippen molar-refractivity contribution in [1.29, 1.82) is 0 Å². The van der Waals surface area contributed by atoms with Gasteiger partial charge >= 0.3 is 0 Å². The van der Waals surface area contributed by atoms with Crippen molar-refractivity contribution in [3.63, 3.8) is 0 Å². The van der Waals surface area contributed by atoms with E-state index in [1.807, 2.05) is 36.7 Å². The fraction of sp³-hybridized carbons (Fsp3) is 0.333. The maximum absolute atomic E-state index is 4.60. The zero-order valence-corrected chi connectivity index (χ0v) is 19.6. The molecule has 2 nitrogen and oxygen atoms in total. The van der Waals surface area contributed by atoms with Crippen LogP contribution in [0.5, 0.6) is 0 Å². The fourth-order valence-electron chi connectivity index (χ4n) is 3.62. The van der Waals surface area contributed by atoms with Crippen molar-refractivity contribution >= 4 is 23.8 Å². The fourth-order valence-corrected chi connectivity index (χ4v) is 3.62. The minimum absolute atomic E-state index is 0.937. The van der Waals surface area contributed by atoms with Gasteiger partial charge in [0.05, 0.1) is 11.4 Å². The topological polar surface area (TPSA) is 24.7 Å². The molecule has 0 amide bonds. The molecule has 0 aliphatic carbocycles. The van der Waals surface area contributed by atoms with Crippen molar-refractivity contribution in [2.45, 2.75) is 65.2 Å². The molecule has 0 saturated heterocycles. The largest absolute Gasteiger partial charge is 0.256 e. The second kappa shape index (κ2) is 13.4. The number of nitrogens with zero attached hydrogens (tertiary/aromatic N) is 2. The van der Waals surface area contributed by atoms with Gasteiger partial charge in [-0.1, -0.05) is 88.1 Å². The molecule has 3 aromatic carbocycles. The maximum atomic E-state index is 4.60.